The fourth-order valence-corrected chi connectivity index (χ4v) is 0.794. The molecule has 0 saturated carbocycles. The molecule has 68 valence electrons. The van der Waals surface area contributed by atoms with Gasteiger partial charge in [0.15, 0.2) is 11.6 Å². The molecule has 2 heterocycles. The van der Waals surface area contributed by atoms with Gasteiger partial charge in [-0.05, 0) is 6.92 Å². The maximum Gasteiger partial charge on any atom is 0.321 e. The van der Waals surface area contributed by atoms with Gasteiger partial charge < -0.3 is 14.4 Å². The summed E-state index contributed by atoms with van der Waals surface area (Å²) < 4.78 is 9.34. The van der Waals surface area contributed by atoms with Crippen LogP contribution in [0.25, 0.3) is 0 Å². The quantitative estimate of drug-likeness (QED) is 0.731. The first-order chi connectivity index (χ1) is 6.34. The van der Waals surface area contributed by atoms with Gasteiger partial charge in [0.05, 0.1) is 6.54 Å². The van der Waals surface area contributed by atoms with E-state index in [2.05, 4.69) is 30.1 Å². The lowest BCUT2D eigenvalue weighted by molar-refractivity contribution is 0.408. The highest BCUT2D eigenvalue weighted by atomic mass is 16.5. The Morgan fingerprint density at radius 3 is 3.00 bits per heavy atom. The predicted molar refractivity (Wildman–Crippen MR) is 40.7 cm³/mol. The van der Waals surface area contributed by atoms with E-state index in [9.17, 15) is 0 Å². The Morgan fingerprint density at radius 2 is 2.38 bits per heavy atom. The molecular formula is C6H7N5O2. The largest absolute Gasteiger partial charge is 0.343 e. The molecule has 2 rings (SSSR count). The van der Waals surface area contributed by atoms with E-state index in [4.69, 9.17) is 4.52 Å². The number of hydrogen-bond acceptors (Lipinski definition) is 7. The van der Waals surface area contributed by atoms with Gasteiger partial charge in [0, 0.05) is 0 Å². The average molecular weight is 181 g/mol. The zero-order chi connectivity index (χ0) is 9.10. The van der Waals surface area contributed by atoms with Crippen LogP contribution in [0, 0.1) is 6.92 Å². The molecule has 1 N–H and O–H groups in total. The maximum absolute atomic E-state index is 4.80. The van der Waals surface area contributed by atoms with Crippen LogP contribution in [-0.2, 0) is 6.54 Å². The Kier molecular flexibility index (Phi) is 1.91. The molecule has 0 saturated heterocycles. The SMILES string of the molecule is Cc1noc(NCc2ncon2)n1. The van der Waals surface area contributed by atoms with E-state index in [0.717, 1.165) is 0 Å². The molecule has 0 amide bonds. The zero-order valence-electron chi connectivity index (χ0n) is 6.89. The molecule has 0 aliphatic heterocycles. The molecule has 0 radical (unpaired) electrons. The number of anilines is 1. The molecule has 0 aliphatic rings. The second-order valence-corrected chi connectivity index (χ2v) is 2.35. The van der Waals surface area contributed by atoms with Crippen molar-refractivity contribution in [3.63, 3.8) is 0 Å². The molecule has 0 aromatic carbocycles. The van der Waals surface area contributed by atoms with Crippen molar-refractivity contribution in [1.29, 1.82) is 0 Å². The van der Waals surface area contributed by atoms with Crippen LogP contribution in [0.5, 0.6) is 0 Å². The Bertz CT molecular complexity index is 368. The Morgan fingerprint density at radius 1 is 1.46 bits per heavy atom. The molecule has 0 aliphatic carbocycles. The fraction of sp³-hybridized carbons (Fsp3) is 0.333. The first kappa shape index (κ1) is 7.71. The predicted octanol–water partition coefficient (Wildman–Crippen LogP) is 0.373. The van der Waals surface area contributed by atoms with E-state index in [1.807, 2.05) is 0 Å². The Balaban J connectivity index is 1.93. The first-order valence-electron chi connectivity index (χ1n) is 3.64. The van der Waals surface area contributed by atoms with Crippen molar-refractivity contribution in [2.45, 2.75) is 13.5 Å². The summed E-state index contributed by atoms with van der Waals surface area (Å²) in [4.78, 5) is 7.74. The second kappa shape index (κ2) is 3.21. The highest BCUT2D eigenvalue weighted by molar-refractivity contribution is 5.18. The minimum absolute atomic E-state index is 0.349. The second-order valence-electron chi connectivity index (χ2n) is 2.35. The van der Waals surface area contributed by atoms with Crippen LogP contribution in [0.15, 0.2) is 15.4 Å². The van der Waals surface area contributed by atoms with Gasteiger partial charge in [-0.2, -0.15) is 9.97 Å². The van der Waals surface area contributed by atoms with Crippen LogP contribution < -0.4 is 5.32 Å². The van der Waals surface area contributed by atoms with Crippen molar-refractivity contribution in [2.24, 2.45) is 0 Å². The summed E-state index contributed by atoms with van der Waals surface area (Å²) in [5, 5.41) is 10.0. The summed E-state index contributed by atoms with van der Waals surface area (Å²) in [6.07, 6.45) is 1.26. The summed E-state index contributed by atoms with van der Waals surface area (Å²) in [6.45, 7) is 2.14. The smallest absolute Gasteiger partial charge is 0.321 e. The molecule has 0 bridgehead atoms. The number of aromatic nitrogens is 4. The van der Waals surface area contributed by atoms with Crippen LogP contribution in [-0.4, -0.2) is 20.3 Å². The number of hydrogen-bond donors (Lipinski definition) is 1. The topological polar surface area (TPSA) is 89.9 Å². The number of nitrogens with one attached hydrogen (secondary N) is 1. The lowest BCUT2D eigenvalue weighted by Gasteiger charge is -1.92. The van der Waals surface area contributed by atoms with Crippen molar-refractivity contribution in [1.82, 2.24) is 20.3 Å². The van der Waals surface area contributed by atoms with E-state index < -0.39 is 0 Å². The van der Waals surface area contributed by atoms with E-state index in [-0.39, 0.29) is 0 Å². The summed E-state index contributed by atoms with van der Waals surface area (Å²) in [7, 11) is 0. The third-order valence-electron chi connectivity index (χ3n) is 1.33. The number of rotatable bonds is 3. The zero-order valence-corrected chi connectivity index (χ0v) is 6.89. The van der Waals surface area contributed by atoms with Crippen LogP contribution in [0.4, 0.5) is 6.01 Å². The molecule has 0 unspecified atom stereocenters. The van der Waals surface area contributed by atoms with Crippen molar-refractivity contribution in [3.8, 4) is 0 Å². The van der Waals surface area contributed by atoms with Gasteiger partial charge in [-0.15, -0.1) is 0 Å². The summed E-state index contributed by atoms with van der Waals surface area (Å²) in [6, 6.07) is 0.349. The average Bonchev–Trinajstić information content (AvgIpc) is 2.71. The third-order valence-corrected chi connectivity index (χ3v) is 1.33. The van der Waals surface area contributed by atoms with Gasteiger partial charge in [-0.1, -0.05) is 10.3 Å². The van der Waals surface area contributed by atoms with E-state index in [1.54, 1.807) is 6.92 Å². The highest BCUT2D eigenvalue weighted by Crippen LogP contribution is 2.02. The monoisotopic (exact) mass is 181 g/mol. The lowest BCUT2D eigenvalue weighted by Crippen LogP contribution is -2.01. The molecule has 2 aromatic heterocycles. The third kappa shape index (κ3) is 1.81. The van der Waals surface area contributed by atoms with Crippen LogP contribution in [0.2, 0.25) is 0 Å². The van der Waals surface area contributed by atoms with Crippen molar-refractivity contribution >= 4 is 6.01 Å². The van der Waals surface area contributed by atoms with Gasteiger partial charge in [-0.25, -0.2) is 0 Å². The standard InChI is InChI=1S/C6H7N5O2/c1-4-9-6(13-10-4)7-2-5-8-3-12-11-5/h3H,2H2,1H3,(H,7,9,10). The van der Waals surface area contributed by atoms with Crippen LogP contribution in [0.3, 0.4) is 0 Å². The van der Waals surface area contributed by atoms with Gasteiger partial charge >= 0.3 is 6.01 Å². The molecular weight excluding hydrogens is 174 g/mol. The molecule has 0 atom stereocenters. The molecule has 7 heteroatoms. The molecule has 7 nitrogen and oxygen atoms in total. The van der Waals surface area contributed by atoms with Gasteiger partial charge in [0.1, 0.15) is 0 Å². The summed E-state index contributed by atoms with van der Waals surface area (Å²) in [5.74, 6) is 1.12. The Hall–Kier alpha value is -1.92. The summed E-state index contributed by atoms with van der Waals surface area (Å²) >= 11 is 0. The van der Waals surface area contributed by atoms with E-state index in [1.165, 1.54) is 6.39 Å². The van der Waals surface area contributed by atoms with Crippen LogP contribution >= 0.6 is 0 Å². The Labute approximate surface area is 73.1 Å². The summed E-state index contributed by atoms with van der Waals surface area (Å²) in [5.41, 5.74) is 0. The molecule has 0 spiro atoms. The lowest BCUT2D eigenvalue weighted by atomic mass is 10.6. The van der Waals surface area contributed by atoms with Crippen molar-refractivity contribution in [3.05, 3.63) is 18.0 Å². The number of aryl methyl sites for hydroxylation is 1. The van der Waals surface area contributed by atoms with E-state index in [0.29, 0.717) is 24.2 Å². The minimum atomic E-state index is 0.349. The highest BCUT2D eigenvalue weighted by Gasteiger charge is 2.03. The van der Waals surface area contributed by atoms with Gasteiger partial charge in [-0.3, -0.25) is 0 Å². The first-order valence-corrected chi connectivity index (χ1v) is 3.64. The minimum Gasteiger partial charge on any atom is -0.343 e. The number of nitrogens with zero attached hydrogens (tertiary/aromatic N) is 4. The van der Waals surface area contributed by atoms with Gasteiger partial charge in [0.25, 0.3) is 0 Å². The molecule has 2 aromatic rings. The normalized spacial score (nSPS) is 10.2. The molecule has 0 fully saturated rings. The van der Waals surface area contributed by atoms with Crippen molar-refractivity contribution in [2.75, 3.05) is 5.32 Å². The van der Waals surface area contributed by atoms with Crippen LogP contribution in [0.1, 0.15) is 11.6 Å². The molecule has 13 heavy (non-hydrogen) atoms. The van der Waals surface area contributed by atoms with Crippen molar-refractivity contribution < 1.29 is 9.05 Å². The fourth-order valence-electron chi connectivity index (χ4n) is 0.794. The van der Waals surface area contributed by atoms with E-state index >= 15 is 0 Å². The van der Waals surface area contributed by atoms with Gasteiger partial charge in [0.2, 0.25) is 6.39 Å². The maximum atomic E-state index is 4.80.